The van der Waals surface area contributed by atoms with Crippen molar-refractivity contribution < 1.29 is 4.74 Å². The van der Waals surface area contributed by atoms with Crippen LogP contribution in [0.25, 0.3) is 0 Å². The Kier molecular flexibility index (Phi) is 5.06. The van der Waals surface area contributed by atoms with Gasteiger partial charge in [0.25, 0.3) is 0 Å². The minimum absolute atomic E-state index is 0.622. The first kappa shape index (κ1) is 16.9. The molecule has 2 unspecified atom stereocenters. The van der Waals surface area contributed by atoms with Crippen molar-refractivity contribution in [3.05, 3.63) is 101 Å². The highest BCUT2D eigenvalue weighted by Crippen LogP contribution is 2.50. The first-order valence-corrected chi connectivity index (χ1v) is 9.66. The maximum atomic E-state index is 6.16. The predicted octanol–water partition coefficient (Wildman–Crippen LogP) is 6.37. The van der Waals surface area contributed by atoms with Crippen LogP contribution in [-0.4, -0.2) is 0 Å². The maximum absolute atomic E-state index is 6.16. The van der Waals surface area contributed by atoms with Gasteiger partial charge < -0.3 is 4.74 Å². The normalized spacial score (nSPS) is 18.5. The summed E-state index contributed by atoms with van der Waals surface area (Å²) in [5.74, 6) is 2.57. The van der Waals surface area contributed by atoms with E-state index in [0.717, 1.165) is 24.0 Å². The molecule has 0 aliphatic heterocycles. The zero-order chi connectivity index (χ0) is 17.8. The van der Waals surface area contributed by atoms with Gasteiger partial charge in [0, 0.05) is 0 Å². The van der Waals surface area contributed by atoms with Crippen LogP contribution in [0.15, 0.2) is 78.9 Å². The molecular formula is C25H26O. The smallest absolute Gasteiger partial charge is 0.120 e. The average molecular weight is 342 g/mol. The molecule has 0 amide bonds. The van der Waals surface area contributed by atoms with Crippen molar-refractivity contribution >= 4 is 0 Å². The molecule has 1 aliphatic rings. The summed E-state index contributed by atoms with van der Waals surface area (Å²) in [7, 11) is 0. The van der Waals surface area contributed by atoms with Crippen molar-refractivity contribution in [2.45, 2.75) is 38.7 Å². The van der Waals surface area contributed by atoms with Crippen LogP contribution in [-0.2, 0) is 13.0 Å². The lowest BCUT2D eigenvalue weighted by atomic mass is 9.99. The van der Waals surface area contributed by atoms with Crippen LogP contribution < -0.4 is 4.74 Å². The second-order valence-electron chi connectivity index (χ2n) is 7.36. The zero-order valence-electron chi connectivity index (χ0n) is 15.4. The molecule has 0 aromatic heterocycles. The summed E-state index contributed by atoms with van der Waals surface area (Å²) in [6.45, 7) is 2.92. The van der Waals surface area contributed by atoms with Crippen molar-refractivity contribution in [2.24, 2.45) is 5.92 Å². The molecule has 1 fully saturated rings. The second kappa shape index (κ2) is 7.78. The Labute approximate surface area is 156 Å². The fourth-order valence-corrected chi connectivity index (χ4v) is 3.77. The van der Waals surface area contributed by atoms with Crippen molar-refractivity contribution in [3.63, 3.8) is 0 Å². The molecule has 1 aliphatic carbocycles. The molecule has 1 saturated carbocycles. The third kappa shape index (κ3) is 4.16. The van der Waals surface area contributed by atoms with Gasteiger partial charge in [-0.2, -0.15) is 0 Å². The summed E-state index contributed by atoms with van der Waals surface area (Å²) in [5, 5.41) is 0. The van der Waals surface area contributed by atoms with Crippen molar-refractivity contribution in [2.75, 3.05) is 0 Å². The molecule has 0 radical (unpaired) electrons. The Morgan fingerprint density at radius 2 is 1.50 bits per heavy atom. The van der Waals surface area contributed by atoms with Gasteiger partial charge in [-0.15, -0.1) is 0 Å². The molecule has 0 N–H and O–H groups in total. The van der Waals surface area contributed by atoms with Gasteiger partial charge >= 0.3 is 0 Å². The highest BCUT2D eigenvalue weighted by molar-refractivity contribution is 5.41. The minimum atomic E-state index is 0.622. The van der Waals surface area contributed by atoms with Crippen molar-refractivity contribution in [3.8, 4) is 5.75 Å². The van der Waals surface area contributed by atoms with Crippen LogP contribution in [0.3, 0.4) is 0 Å². The van der Waals surface area contributed by atoms with E-state index in [-0.39, 0.29) is 0 Å². The quantitative estimate of drug-likeness (QED) is 0.485. The van der Waals surface area contributed by atoms with Crippen LogP contribution in [0.1, 0.15) is 47.9 Å². The second-order valence-corrected chi connectivity index (χ2v) is 7.36. The van der Waals surface area contributed by atoms with E-state index in [1.807, 2.05) is 6.07 Å². The monoisotopic (exact) mass is 342 g/mol. The Balaban J connectivity index is 1.56. The molecule has 132 valence electrons. The molecule has 2 atom stereocenters. The maximum Gasteiger partial charge on any atom is 0.120 e. The minimum Gasteiger partial charge on any atom is -0.489 e. The molecule has 0 spiro atoms. The lowest BCUT2D eigenvalue weighted by molar-refractivity contribution is 0.305. The Morgan fingerprint density at radius 3 is 2.15 bits per heavy atom. The number of hydrogen-bond acceptors (Lipinski definition) is 1. The molecular weight excluding hydrogens is 316 g/mol. The highest BCUT2D eigenvalue weighted by Gasteiger charge is 2.36. The third-order valence-electron chi connectivity index (χ3n) is 5.36. The van der Waals surface area contributed by atoms with Gasteiger partial charge in [-0.05, 0) is 59.1 Å². The Hall–Kier alpha value is -2.54. The molecule has 26 heavy (non-hydrogen) atoms. The van der Waals surface area contributed by atoms with E-state index >= 15 is 0 Å². The topological polar surface area (TPSA) is 9.23 Å². The SMILES string of the molecule is CCC1CC1c1cc(Cc2ccccc2)cc(OCc2ccccc2)c1. The van der Waals surface area contributed by atoms with Crippen LogP contribution in [0.5, 0.6) is 5.75 Å². The molecule has 0 heterocycles. The third-order valence-corrected chi connectivity index (χ3v) is 5.36. The van der Waals surface area contributed by atoms with Crippen LogP contribution >= 0.6 is 0 Å². The average Bonchev–Trinajstić information content (AvgIpc) is 3.48. The van der Waals surface area contributed by atoms with Gasteiger partial charge in [0.1, 0.15) is 12.4 Å². The van der Waals surface area contributed by atoms with E-state index < -0.39 is 0 Å². The fraction of sp³-hybridized carbons (Fsp3) is 0.280. The molecule has 4 rings (SSSR count). The van der Waals surface area contributed by atoms with Gasteiger partial charge in [-0.25, -0.2) is 0 Å². The molecule has 3 aromatic rings. The van der Waals surface area contributed by atoms with Gasteiger partial charge in [-0.1, -0.05) is 80.1 Å². The van der Waals surface area contributed by atoms with E-state index in [1.54, 1.807) is 0 Å². The van der Waals surface area contributed by atoms with Gasteiger partial charge in [-0.3, -0.25) is 0 Å². The molecule has 0 bridgehead atoms. The summed E-state index contributed by atoms with van der Waals surface area (Å²) < 4.78 is 6.16. The largest absolute Gasteiger partial charge is 0.489 e. The predicted molar refractivity (Wildman–Crippen MR) is 108 cm³/mol. The molecule has 1 heteroatoms. The lowest BCUT2D eigenvalue weighted by Crippen LogP contribution is -1.98. The summed E-state index contributed by atoms with van der Waals surface area (Å²) >= 11 is 0. The van der Waals surface area contributed by atoms with Crippen molar-refractivity contribution in [1.29, 1.82) is 0 Å². The van der Waals surface area contributed by atoms with Gasteiger partial charge in [0.05, 0.1) is 0 Å². The van der Waals surface area contributed by atoms with Gasteiger partial charge in [0.2, 0.25) is 0 Å². The summed E-state index contributed by atoms with van der Waals surface area (Å²) in [6.07, 6.45) is 3.55. The number of ether oxygens (including phenoxy) is 1. The standard InChI is InChI=1S/C25H26O/c1-2-22-17-25(22)23-14-21(13-19-9-5-3-6-10-19)15-24(16-23)26-18-20-11-7-4-8-12-20/h3-12,14-16,22,25H,2,13,17-18H2,1H3. The fourth-order valence-electron chi connectivity index (χ4n) is 3.77. The molecule has 0 saturated heterocycles. The van der Waals surface area contributed by atoms with Crippen LogP contribution in [0.2, 0.25) is 0 Å². The highest BCUT2D eigenvalue weighted by atomic mass is 16.5. The number of benzene rings is 3. The summed E-state index contributed by atoms with van der Waals surface area (Å²) in [5.41, 5.74) is 5.36. The van der Waals surface area contributed by atoms with E-state index in [4.69, 9.17) is 4.74 Å². The van der Waals surface area contributed by atoms with Crippen LogP contribution in [0, 0.1) is 5.92 Å². The first-order valence-electron chi connectivity index (χ1n) is 9.66. The Morgan fingerprint density at radius 1 is 0.808 bits per heavy atom. The van der Waals surface area contributed by atoms with E-state index in [1.165, 1.54) is 35.1 Å². The Bertz CT molecular complexity index is 839. The van der Waals surface area contributed by atoms with E-state index in [9.17, 15) is 0 Å². The summed E-state index contributed by atoms with van der Waals surface area (Å²) in [6, 6.07) is 27.9. The number of hydrogen-bond donors (Lipinski definition) is 0. The molecule has 1 nitrogen and oxygen atoms in total. The van der Waals surface area contributed by atoms with Crippen molar-refractivity contribution in [1.82, 2.24) is 0 Å². The first-order chi connectivity index (χ1) is 12.8. The van der Waals surface area contributed by atoms with E-state index in [0.29, 0.717) is 6.61 Å². The zero-order valence-corrected chi connectivity index (χ0v) is 15.4. The lowest BCUT2D eigenvalue weighted by Gasteiger charge is -2.12. The van der Waals surface area contributed by atoms with Gasteiger partial charge in [0.15, 0.2) is 0 Å². The van der Waals surface area contributed by atoms with E-state index in [2.05, 4.69) is 79.7 Å². The summed E-state index contributed by atoms with van der Waals surface area (Å²) in [4.78, 5) is 0. The molecule has 3 aromatic carbocycles. The number of rotatable bonds is 7. The van der Waals surface area contributed by atoms with Crippen LogP contribution in [0.4, 0.5) is 0 Å².